The Hall–Kier alpha value is -1.62. The first-order chi connectivity index (χ1) is 11.1. The number of carbonyl (C=O) groups is 1. The van der Waals surface area contributed by atoms with E-state index in [0.717, 1.165) is 45.6 Å². The third kappa shape index (κ3) is 2.71. The molecular weight excluding hydrogens is 290 g/mol. The van der Waals surface area contributed by atoms with E-state index in [2.05, 4.69) is 11.0 Å². The normalized spacial score (nSPS) is 28.5. The molecule has 2 fully saturated rings. The number of hydrogen-bond acceptors (Lipinski definition) is 3. The summed E-state index contributed by atoms with van der Waals surface area (Å²) in [4.78, 5) is 28.2. The Bertz CT molecular complexity index is 660. The predicted octanol–water partition coefficient (Wildman–Crippen LogP) is 1.28. The molecule has 5 nitrogen and oxygen atoms in total. The van der Waals surface area contributed by atoms with Crippen molar-refractivity contribution < 1.29 is 4.79 Å². The number of amides is 1. The second-order valence-electron chi connectivity index (χ2n) is 7.39. The van der Waals surface area contributed by atoms with Crippen LogP contribution in [0.4, 0.5) is 0 Å². The molecule has 0 aliphatic carbocycles. The summed E-state index contributed by atoms with van der Waals surface area (Å²) in [6, 6.07) is 6.31. The topological polar surface area (TPSA) is 45.6 Å². The number of carbonyl (C=O) groups excluding carboxylic acids is 1. The van der Waals surface area contributed by atoms with E-state index in [0.29, 0.717) is 17.9 Å². The van der Waals surface area contributed by atoms with Gasteiger partial charge in [-0.15, -0.1) is 0 Å². The first-order valence-electron chi connectivity index (χ1n) is 8.81. The SMILES string of the molecule is CC(=O)N1CCC(N2C[C@H]3C[C@@H](C2)c2cccc(=O)n2C3)CC1. The monoisotopic (exact) mass is 315 g/mol. The van der Waals surface area contributed by atoms with Crippen LogP contribution in [0.3, 0.4) is 0 Å². The Balaban J connectivity index is 1.49. The first-order valence-corrected chi connectivity index (χ1v) is 8.81. The van der Waals surface area contributed by atoms with Crippen molar-refractivity contribution in [2.24, 2.45) is 5.92 Å². The number of likely N-dealkylation sites (tertiary alicyclic amines) is 2. The van der Waals surface area contributed by atoms with Gasteiger partial charge in [0.1, 0.15) is 0 Å². The fourth-order valence-electron chi connectivity index (χ4n) is 4.78. The maximum absolute atomic E-state index is 12.1. The minimum Gasteiger partial charge on any atom is -0.343 e. The molecule has 2 saturated heterocycles. The molecule has 1 aromatic heterocycles. The third-order valence-corrected chi connectivity index (χ3v) is 5.93. The van der Waals surface area contributed by atoms with Crippen LogP contribution in [0.2, 0.25) is 0 Å². The van der Waals surface area contributed by atoms with Crippen LogP contribution in [0, 0.1) is 5.92 Å². The average molecular weight is 315 g/mol. The number of fused-ring (bicyclic) bond motifs is 4. The van der Waals surface area contributed by atoms with Crippen LogP contribution < -0.4 is 5.56 Å². The number of aromatic nitrogens is 1. The van der Waals surface area contributed by atoms with E-state index >= 15 is 0 Å². The average Bonchev–Trinajstić information content (AvgIpc) is 2.56. The molecule has 4 heterocycles. The second-order valence-corrected chi connectivity index (χ2v) is 7.39. The van der Waals surface area contributed by atoms with Crippen molar-refractivity contribution in [1.29, 1.82) is 0 Å². The van der Waals surface area contributed by atoms with Gasteiger partial charge in [0.15, 0.2) is 0 Å². The molecule has 0 N–H and O–H groups in total. The van der Waals surface area contributed by atoms with E-state index in [1.54, 1.807) is 13.0 Å². The molecule has 0 radical (unpaired) electrons. The highest BCUT2D eigenvalue weighted by Gasteiger charge is 2.37. The molecule has 0 unspecified atom stereocenters. The van der Waals surface area contributed by atoms with E-state index in [9.17, 15) is 9.59 Å². The van der Waals surface area contributed by atoms with Crippen LogP contribution >= 0.6 is 0 Å². The molecule has 23 heavy (non-hydrogen) atoms. The Morgan fingerprint density at radius 2 is 1.91 bits per heavy atom. The fourth-order valence-corrected chi connectivity index (χ4v) is 4.78. The van der Waals surface area contributed by atoms with Gasteiger partial charge in [-0.05, 0) is 31.2 Å². The molecule has 4 rings (SSSR count). The summed E-state index contributed by atoms with van der Waals surface area (Å²) >= 11 is 0. The lowest BCUT2D eigenvalue weighted by Gasteiger charge is -2.47. The van der Waals surface area contributed by atoms with Crippen LogP contribution in [0.25, 0.3) is 0 Å². The summed E-state index contributed by atoms with van der Waals surface area (Å²) in [5.74, 6) is 1.28. The summed E-state index contributed by atoms with van der Waals surface area (Å²) in [7, 11) is 0. The predicted molar refractivity (Wildman–Crippen MR) is 88.4 cm³/mol. The third-order valence-electron chi connectivity index (χ3n) is 5.93. The first kappa shape index (κ1) is 14.9. The van der Waals surface area contributed by atoms with Gasteiger partial charge in [0.25, 0.3) is 5.56 Å². The molecule has 124 valence electrons. The van der Waals surface area contributed by atoms with Crippen molar-refractivity contribution in [3.63, 3.8) is 0 Å². The lowest BCUT2D eigenvalue weighted by atomic mass is 9.82. The van der Waals surface area contributed by atoms with Gasteiger partial charge in [-0.2, -0.15) is 0 Å². The summed E-state index contributed by atoms with van der Waals surface area (Å²) in [5.41, 5.74) is 1.38. The van der Waals surface area contributed by atoms with E-state index in [4.69, 9.17) is 0 Å². The molecule has 1 aromatic rings. The number of pyridine rings is 1. The van der Waals surface area contributed by atoms with Gasteiger partial charge in [0.2, 0.25) is 5.91 Å². The van der Waals surface area contributed by atoms with Gasteiger partial charge in [-0.25, -0.2) is 0 Å². The summed E-state index contributed by atoms with van der Waals surface area (Å²) in [5, 5.41) is 0. The van der Waals surface area contributed by atoms with Crippen molar-refractivity contribution in [2.45, 2.75) is 44.7 Å². The largest absolute Gasteiger partial charge is 0.343 e. The maximum atomic E-state index is 12.1. The molecular formula is C18H25N3O2. The van der Waals surface area contributed by atoms with Crippen molar-refractivity contribution in [1.82, 2.24) is 14.4 Å². The minimum atomic E-state index is 0.153. The Morgan fingerprint density at radius 1 is 1.13 bits per heavy atom. The lowest BCUT2D eigenvalue weighted by molar-refractivity contribution is -0.130. The molecule has 3 aliphatic rings. The molecule has 3 aliphatic heterocycles. The van der Waals surface area contributed by atoms with Gasteiger partial charge in [0.05, 0.1) is 0 Å². The van der Waals surface area contributed by atoms with Crippen molar-refractivity contribution >= 4 is 5.91 Å². The second kappa shape index (κ2) is 5.78. The Labute approximate surface area is 136 Å². The van der Waals surface area contributed by atoms with E-state index in [1.807, 2.05) is 15.5 Å². The number of hydrogen-bond donors (Lipinski definition) is 0. The molecule has 0 saturated carbocycles. The van der Waals surface area contributed by atoms with Crippen LogP contribution in [-0.4, -0.2) is 52.5 Å². The molecule has 2 bridgehead atoms. The zero-order valence-electron chi connectivity index (χ0n) is 13.8. The van der Waals surface area contributed by atoms with E-state index < -0.39 is 0 Å². The van der Waals surface area contributed by atoms with Crippen LogP contribution in [0.5, 0.6) is 0 Å². The standard InChI is InChI=1S/C18H25N3O2/c1-13(22)19-7-5-16(6-8-19)20-10-14-9-15(12-20)17-3-2-4-18(23)21(17)11-14/h2-4,14-16H,5-12H2,1H3/t14-,15+/m1/s1. The molecule has 5 heteroatoms. The van der Waals surface area contributed by atoms with Crippen molar-refractivity contribution in [2.75, 3.05) is 26.2 Å². The van der Waals surface area contributed by atoms with Gasteiger partial charge in [-0.3, -0.25) is 14.5 Å². The highest BCUT2D eigenvalue weighted by Crippen LogP contribution is 2.36. The van der Waals surface area contributed by atoms with Crippen LogP contribution in [-0.2, 0) is 11.3 Å². The summed E-state index contributed by atoms with van der Waals surface area (Å²) in [6.07, 6.45) is 3.38. The Morgan fingerprint density at radius 3 is 2.65 bits per heavy atom. The smallest absolute Gasteiger partial charge is 0.250 e. The van der Waals surface area contributed by atoms with Gasteiger partial charge < -0.3 is 9.47 Å². The van der Waals surface area contributed by atoms with Crippen molar-refractivity contribution in [3.8, 4) is 0 Å². The van der Waals surface area contributed by atoms with Crippen molar-refractivity contribution in [3.05, 3.63) is 34.2 Å². The molecule has 2 atom stereocenters. The fraction of sp³-hybridized carbons (Fsp3) is 0.667. The number of nitrogens with zero attached hydrogens (tertiary/aromatic N) is 3. The molecule has 0 spiro atoms. The van der Waals surface area contributed by atoms with Gasteiger partial charge in [0, 0.05) is 63.4 Å². The summed E-state index contributed by atoms with van der Waals surface area (Å²) < 4.78 is 1.99. The summed E-state index contributed by atoms with van der Waals surface area (Å²) in [6.45, 7) is 6.48. The number of rotatable bonds is 1. The zero-order chi connectivity index (χ0) is 16.0. The molecule has 1 amide bonds. The Kier molecular flexibility index (Phi) is 3.76. The van der Waals surface area contributed by atoms with Gasteiger partial charge in [-0.1, -0.05) is 6.07 Å². The lowest BCUT2D eigenvalue weighted by Crippen LogP contribution is -2.53. The van der Waals surface area contributed by atoms with E-state index in [1.165, 1.54) is 12.1 Å². The van der Waals surface area contributed by atoms with E-state index in [-0.39, 0.29) is 11.5 Å². The minimum absolute atomic E-state index is 0.153. The highest BCUT2D eigenvalue weighted by atomic mass is 16.2. The molecule has 0 aromatic carbocycles. The number of piperidine rings is 2. The van der Waals surface area contributed by atoms with Crippen LogP contribution in [0.1, 0.15) is 37.8 Å². The highest BCUT2D eigenvalue weighted by molar-refractivity contribution is 5.73. The van der Waals surface area contributed by atoms with Crippen LogP contribution in [0.15, 0.2) is 23.0 Å². The van der Waals surface area contributed by atoms with Gasteiger partial charge >= 0.3 is 0 Å². The quantitative estimate of drug-likeness (QED) is 0.784. The zero-order valence-corrected chi connectivity index (χ0v) is 13.8. The maximum Gasteiger partial charge on any atom is 0.250 e.